The van der Waals surface area contributed by atoms with Crippen LogP contribution >= 0.6 is 0 Å². The third-order valence-corrected chi connectivity index (χ3v) is 3.16. The van der Waals surface area contributed by atoms with Crippen molar-refractivity contribution in [3.05, 3.63) is 30.1 Å². The highest BCUT2D eigenvalue weighted by Gasteiger charge is 2.20. The van der Waals surface area contributed by atoms with E-state index in [1.807, 2.05) is 25.1 Å². The van der Waals surface area contributed by atoms with E-state index in [1.165, 1.54) is 0 Å². The first-order valence-electron chi connectivity index (χ1n) is 7.95. The van der Waals surface area contributed by atoms with Crippen LogP contribution < -0.4 is 10.6 Å². The van der Waals surface area contributed by atoms with Crippen molar-refractivity contribution >= 4 is 6.03 Å². The average Bonchev–Trinajstić information content (AvgIpc) is 2.45. The maximum atomic E-state index is 12.1. The summed E-state index contributed by atoms with van der Waals surface area (Å²) in [5.74, 6) is 0.753. The normalized spacial score (nSPS) is 14.0. The highest BCUT2D eigenvalue weighted by Crippen LogP contribution is 2.19. The number of pyridine rings is 1. The summed E-state index contributed by atoms with van der Waals surface area (Å²) in [5, 5.41) is 5.90. The summed E-state index contributed by atoms with van der Waals surface area (Å²) in [5.41, 5.74) is 0.872. The highest BCUT2D eigenvalue weighted by atomic mass is 16.5. The number of urea groups is 1. The molecule has 0 aromatic carbocycles. The number of aromatic nitrogens is 1. The highest BCUT2D eigenvalue weighted by molar-refractivity contribution is 5.74. The van der Waals surface area contributed by atoms with Gasteiger partial charge in [0.25, 0.3) is 0 Å². The number of nitrogens with zero attached hydrogens (tertiary/aromatic N) is 1. The van der Waals surface area contributed by atoms with Gasteiger partial charge in [0.2, 0.25) is 0 Å². The Hall–Kier alpha value is -1.62. The topological polar surface area (TPSA) is 63.2 Å². The van der Waals surface area contributed by atoms with Crippen LogP contribution in [0.3, 0.4) is 0 Å². The molecule has 2 atom stereocenters. The molecule has 2 amide bonds. The van der Waals surface area contributed by atoms with Gasteiger partial charge in [0.15, 0.2) is 0 Å². The van der Waals surface area contributed by atoms with E-state index in [0.29, 0.717) is 19.1 Å². The number of ether oxygens (including phenoxy) is 1. The molecule has 1 heterocycles. The van der Waals surface area contributed by atoms with Crippen LogP contribution in [0, 0.1) is 11.8 Å². The molecular weight excluding hydrogens is 278 g/mol. The van der Waals surface area contributed by atoms with Crippen molar-refractivity contribution < 1.29 is 9.53 Å². The van der Waals surface area contributed by atoms with E-state index in [1.54, 1.807) is 6.20 Å². The van der Waals surface area contributed by atoms with Crippen molar-refractivity contribution in [3.63, 3.8) is 0 Å². The zero-order chi connectivity index (χ0) is 16.5. The van der Waals surface area contributed by atoms with Crippen molar-refractivity contribution in [3.8, 4) is 0 Å². The molecule has 0 radical (unpaired) electrons. The molecule has 5 heteroatoms. The smallest absolute Gasteiger partial charge is 0.315 e. The van der Waals surface area contributed by atoms with E-state index in [0.717, 1.165) is 5.69 Å². The molecule has 0 saturated carbocycles. The number of nitrogens with one attached hydrogen (secondary N) is 2. The Morgan fingerprint density at radius 3 is 2.41 bits per heavy atom. The van der Waals surface area contributed by atoms with Crippen LogP contribution in [0.1, 0.15) is 46.4 Å². The monoisotopic (exact) mass is 307 g/mol. The quantitative estimate of drug-likeness (QED) is 0.775. The van der Waals surface area contributed by atoms with Crippen molar-refractivity contribution in [2.75, 3.05) is 13.2 Å². The van der Waals surface area contributed by atoms with Gasteiger partial charge < -0.3 is 15.4 Å². The van der Waals surface area contributed by atoms with Gasteiger partial charge in [0.1, 0.15) is 0 Å². The van der Waals surface area contributed by atoms with Gasteiger partial charge in [0.05, 0.1) is 24.4 Å². The lowest BCUT2D eigenvalue weighted by Gasteiger charge is -2.23. The molecule has 1 aromatic heterocycles. The molecule has 0 spiro atoms. The van der Waals surface area contributed by atoms with E-state index in [4.69, 9.17) is 4.74 Å². The first-order valence-corrected chi connectivity index (χ1v) is 7.95. The second-order valence-electron chi connectivity index (χ2n) is 6.43. The molecule has 0 unspecified atom stereocenters. The van der Waals surface area contributed by atoms with Crippen LogP contribution in [-0.4, -0.2) is 30.3 Å². The summed E-state index contributed by atoms with van der Waals surface area (Å²) in [4.78, 5) is 16.5. The number of carbonyl (C=O) groups is 1. The van der Waals surface area contributed by atoms with Crippen LogP contribution in [0.2, 0.25) is 0 Å². The van der Waals surface area contributed by atoms with Crippen LogP contribution in [0.5, 0.6) is 0 Å². The Morgan fingerprint density at radius 2 is 1.86 bits per heavy atom. The minimum Gasteiger partial charge on any atom is -0.379 e. The van der Waals surface area contributed by atoms with Gasteiger partial charge in [-0.2, -0.15) is 0 Å². The molecule has 22 heavy (non-hydrogen) atoms. The van der Waals surface area contributed by atoms with Crippen molar-refractivity contribution in [2.45, 2.75) is 46.7 Å². The number of hydrogen-bond acceptors (Lipinski definition) is 3. The molecule has 0 aliphatic rings. The fourth-order valence-electron chi connectivity index (χ4n) is 2.07. The summed E-state index contributed by atoms with van der Waals surface area (Å²) < 4.78 is 5.54. The fourth-order valence-corrected chi connectivity index (χ4v) is 2.07. The van der Waals surface area contributed by atoms with Gasteiger partial charge in [0, 0.05) is 12.8 Å². The molecule has 0 saturated heterocycles. The van der Waals surface area contributed by atoms with Gasteiger partial charge >= 0.3 is 6.03 Å². The molecule has 2 N–H and O–H groups in total. The third kappa shape index (κ3) is 6.89. The lowest BCUT2D eigenvalue weighted by molar-refractivity contribution is 0.0951. The summed E-state index contributed by atoms with van der Waals surface area (Å²) in [6, 6.07) is 5.40. The molecule has 124 valence electrons. The van der Waals surface area contributed by atoms with E-state index < -0.39 is 0 Å². The minimum absolute atomic E-state index is 0.0321. The molecule has 0 aliphatic heterocycles. The first-order chi connectivity index (χ1) is 10.4. The molecule has 5 nitrogen and oxygen atoms in total. The zero-order valence-electron chi connectivity index (χ0n) is 14.3. The Kier molecular flexibility index (Phi) is 7.88. The molecule has 0 aliphatic carbocycles. The summed E-state index contributed by atoms with van der Waals surface area (Å²) in [6.45, 7) is 11.5. The first kappa shape index (κ1) is 18.4. The SMILES string of the molecule is CC(C)COC[C@@H](C)NC(=O)N[C@H](c1ccccn1)C(C)C. The predicted octanol–water partition coefficient (Wildman–Crippen LogP) is 3.14. The van der Waals surface area contributed by atoms with E-state index in [9.17, 15) is 4.79 Å². The third-order valence-electron chi connectivity index (χ3n) is 3.16. The van der Waals surface area contributed by atoms with Gasteiger partial charge in [-0.3, -0.25) is 4.98 Å². The van der Waals surface area contributed by atoms with Crippen LogP contribution in [0.15, 0.2) is 24.4 Å². The Morgan fingerprint density at radius 1 is 1.14 bits per heavy atom. The van der Waals surface area contributed by atoms with E-state index in [2.05, 4.69) is 43.3 Å². The minimum atomic E-state index is -0.190. The molecular formula is C17H29N3O2. The number of amides is 2. The van der Waals surface area contributed by atoms with E-state index >= 15 is 0 Å². The number of hydrogen-bond donors (Lipinski definition) is 2. The van der Waals surface area contributed by atoms with Crippen molar-refractivity contribution in [2.24, 2.45) is 11.8 Å². The van der Waals surface area contributed by atoms with Gasteiger partial charge in [-0.1, -0.05) is 33.8 Å². The average molecular weight is 307 g/mol. The van der Waals surface area contributed by atoms with Crippen molar-refractivity contribution in [1.82, 2.24) is 15.6 Å². The molecule has 1 rings (SSSR count). The Labute approximate surface area is 133 Å². The summed E-state index contributed by atoms with van der Waals surface area (Å²) in [7, 11) is 0. The maximum Gasteiger partial charge on any atom is 0.315 e. The second kappa shape index (κ2) is 9.41. The lowest BCUT2D eigenvalue weighted by Crippen LogP contribution is -2.45. The van der Waals surface area contributed by atoms with Gasteiger partial charge in [-0.25, -0.2) is 4.79 Å². The largest absolute Gasteiger partial charge is 0.379 e. The van der Waals surface area contributed by atoms with Crippen LogP contribution in [-0.2, 0) is 4.74 Å². The maximum absolute atomic E-state index is 12.1. The van der Waals surface area contributed by atoms with Crippen LogP contribution in [0.25, 0.3) is 0 Å². The van der Waals surface area contributed by atoms with E-state index in [-0.39, 0.29) is 24.0 Å². The number of carbonyl (C=O) groups excluding carboxylic acids is 1. The Bertz CT molecular complexity index is 435. The van der Waals surface area contributed by atoms with Gasteiger partial charge in [-0.15, -0.1) is 0 Å². The lowest BCUT2D eigenvalue weighted by atomic mass is 10.0. The number of rotatable bonds is 8. The standard InChI is InChI=1S/C17H29N3O2/c1-12(2)10-22-11-14(5)19-17(21)20-16(13(3)4)15-8-6-7-9-18-15/h6-9,12-14,16H,10-11H2,1-5H3,(H2,19,20,21)/t14-,16+/m1/s1. The van der Waals surface area contributed by atoms with Crippen LogP contribution in [0.4, 0.5) is 4.79 Å². The Balaban J connectivity index is 2.47. The predicted molar refractivity (Wildman–Crippen MR) is 88.6 cm³/mol. The molecule has 1 aromatic rings. The summed E-state index contributed by atoms with van der Waals surface area (Å²) >= 11 is 0. The zero-order valence-corrected chi connectivity index (χ0v) is 14.3. The summed E-state index contributed by atoms with van der Waals surface area (Å²) in [6.07, 6.45) is 1.74. The van der Waals surface area contributed by atoms with Gasteiger partial charge in [-0.05, 0) is 30.9 Å². The van der Waals surface area contributed by atoms with Crippen molar-refractivity contribution in [1.29, 1.82) is 0 Å². The molecule has 0 bridgehead atoms. The fraction of sp³-hybridized carbons (Fsp3) is 0.647. The second-order valence-corrected chi connectivity index (χ2v) is 6.43. The molecule has 0 fully saturated rings.